The predicted molar refractivity (Wildman–Crippen MR) is 70.4 cm³/mol. The van der Waals surface area contributed by atoms with Gasteiger partial charge in [0, 0.05) is 4.47 Å². The van der Waals surface area contributed by atoms with Crippen molar-refractivity contribution in [2.45, 2.75) is 38.2 Å². The second-order valence-corrected chi connectivity index (χ2v) is 5.36. The number of hydrogen-bond acceptors (Lipinski definition) is 1. The van der Waals surface area contributed by atoms with E-state index in [0.717, 1.165) is 30.2 Å². The maximum Gasteiger partial charge on any atom is 0.0723 e. The second-order valence-electron chi connectivity index (χ2n) is 4.44. The van der Waals surface area contributed by atoms with Crippen molar-refractivity contribution in [3.63, 3.8) is 0 Å². The van der Waals surface area contributed by atoms with Crippen LogP contribution in [0.1, 0.15) is 31.2 Å². The molecule has 0 aliphatic heterocycles. The van der Waals surface area contributed by atoms with Gasteiger partial charge in [0.25, 0.3) is 0 Å². The van der Waals surface area contributed by atoms with Crippen molar-refractivity contribution in [3.8, 4) is 0 Å². The zero-order chi connectivity index (χ0) is 11.4. The van der Waals surface area contributed by atoms with Crippen molar-refractivity contribution in [3.05, 3.63) is 46.0 Å². The summed E-state index contributed by atoms with van der Waals surface area (Å²) in [6, 6.07) is 8.43. The lowest BCUT2D eigenvalue weighted by molar-refractivity contribution is 0.211. The Bertz CT molecular complexity index is 367. The lowest BCUT2D eigenvalue weighted by Crippen LogP contribution is -2.01. The van der Waals surface area contributed by atoms with Gasteiger partial charge >= 0.3 is 0 Å². The molecule has 86 valence electrons. The molecule has 16 heavy (non-hydrogen) atoms. The Morgan fingerprint density at radius 3 is 2.69 bits per heavy atom. The zero-order valence-electron chi connectivity index (χ0n) is 9.32. The lowest BCUT2D eigenvalue weighted by atomic mass is 10.0. The summed E-state index contributed by atoms with van der Waals surface area (Å²) >= 11 is 3.44. The summed E-state index contributed by atoms with van der Waals surface area (Å²) in [6.07, 6.45) is 7.20. The van der Waals surface area contributed by atoms with Gasteiger partial charge in [0.15, 0.2) is 0 Å². The van der Waals surface area contributed by atoms with E-state index in [-0.39, 0.29) is 6.10 Å². The molecule has 0 bridgehead atoms. The second kappa shape index (κ2) is 5.65. The SMILES string of the molecule is OC1C=C(Cc2ccc(Br)cc2)CCCC1. The summed E-state index contributed by atoms with van der Waals surface area (Å²) in [5.41, 5.74) is 2.70. The Hall–Kier alpha value is -0.600. The van der Waals surface area contributed by atoms with Crippen LogP contribution in [0.3, 0.4) is 0 Å². The molecular formula is C14H17BrO. The highest BCUT2D eigenvalue weighted by molar-refractivity contribution is 9.10. The minimum atomic E-state index is -0.229. The highest BCUT2D eigenvalue weighted by atomic mass is 79.9. The van der Waals surface area contributed by atoms with Gasteiger partial charge in [-0.25, -0.2) is 0 Å². The summed E-state index contributed by atoms with van der Waals surface area (Å²) < 4.78 is 1.12. The smallest absolute Gasteiger partial charge is 0.0723 e. The summed E-state index contributed by atoms with van der Waals surface area (Å²) in [4.78, 5) is 0. The van der Waals surface area contributed by atoms with Crippen LogP contribution >= 0.6 is 15.9 Å². The summed E-state index contributed by atoms with van der Waals surface area (Å²) in [5.74, 6) is 0. The van der Waals surface area contributed by atoms with Crippen molar-refractivity contribution < 1.29 is 5.11 Å². The van der Waals surface area contributed by atoms with Crippen molar-refractivity contribution in [2.24, 2.45) is 0 Å². The largest absolute Gasteiger partial charge is 0.389 e. The van der Waals surface area contributed by atoms with E-state index >= 15 is 0 Å². The first-order valence-corrected chi connectivity index (χ1v) is 6.65. The molecule has 0 saturated heterocycles. The maximum atomic E-state index is 9.70. The molecule has 0 heterocycles. The highest BCUT2D eigenvalue weighted by Crippen LogP contribution is 2.21. The minimum Gasteiger partial charge on any atom is -0.389 e. The fourth-order valence-electron chi connectivity index (χ4n) is 2.16. The molecule has 0 radical (unpaired) electrons. The van der Waals surface area contributed by atoms with E-state index in [2.05, 4.69) is 46.3 Å². The van der Waals surface area contributed by atoms with Gasteiger partial charge in [-0.3, -0.25) is 0 Å². The van der Waals surface area contributed by atoms with E-state index in [4.69, 9.17) is 0 Å². The Morgan fingerprint density at radius 1 is 1.19 bits per heavy atom. The number of aliphatic hydroxyl groups excluding tert-OH is 1. The van der Waals surface area contributed by atoms with Crippen LogP contribution in [-0.4, -0.2) is 11.2 Å². The molecule has 2 heteroatoms. The van der Waals surface area contributed by atoms with Crippen LogP contribution < -0.4 is 0 Å². The van der Waals surface area contributed by atoms with Crippen molar-refractivity contribution in [1.82, 2.24) is 0 Å². The third-order valence-electron chi connectivity index (χ3n) is 3.02. The van der Waals surface area contributed by atoms with Gasteiger partial charge in [0.05, 0.1) is 6.10 Å². The lowest BCUT2D eigenvalue weighted by Gasteiger charge is -2.06. The molecule has 0 aromatic heterocycles. The van der Waals surface area contributed by atoms with Crippen LogP contribution in [0.5, 0.6) is 0 Å². The van der Waals surface area contributed by atoms with Gasteiger partial charge in [-0.15, -0.1) is 0 Å². The zero-order valence-corrected chi connectivity index (χ0v) is 10.9. The summed E-state index contributed by atoms with van der Waals surface area (Å²) in [5, 5.41) is 9.70. The van der Waals surface area contributed by atoms with Gasteiger partial charge in [-0.1, -0.05) is 46.1 Å². The van der Waals surface area contributed by atoms with E-state index in [9.17, 15) is 5.11 Å². The van der Waals surface area contributed by atoms with E-state index in [0.29, 0.717) is 0 Å². The van der Waals surface area contributed by atoms with E-state index < -0.39 is 0 Å². The Kier molecular flexibility index (Phi) is 4.19. The van der Waals surface area contributed by atoms with E-state index in [1.807, 2.05) is 0 Å². The first-order chi connectivity index (χ1) is 7.74. The third-order valence-corrected chi connectivity index (χ3v) is 3.55. The quantitative estimate of drug-likeness (QED) is 0.816. The number of aliphatic hydroxyl groups is 1. The summed E-state index contributed by atoms with van der Waals surface area (Å²) in [6.45, 7) is 0. The molecular weight excluding hydrogens is 264 g/mol. The van der Waals surface area contributed by atoms with E-state index in [1.54, 1.807) is 0 Å². The fourth-order valence-corrected chi connectivity index (χ4v) is 2.42. The van der Waals surface area contributed by atoms with Crippen molar-refractivity contribution in [2.75, 3.05) is 0 Å². The molecule has 0 spiro atoms. The number of allylic oxidation sites excluding steroid dienone is 1. The molecule has 1 nitrogen and oxygen atoms in total. The van der Waals surface area contributed by atoms with Gasteiger partial charge in [0.2, 0.25) is 0 Å². The average molecular weight is 281 g/mol. The Balaban J connectivity index is 2.05. The number of benzene rings is 1. The van der Waals surface area contributed by atoms with Gasteiger partial charge in [-0.2, -0.15) is 0 Å². The van der Waals surface area contributed by atoms with Gasteiger partial charge in [-0.05, 0) is 43.4 Å². The van der Waals surface area contributed by atoms with Crippen molar-refractivity contribution >= 4 is 15.9 Å². The maximum absolute atomic E-state index is 9.70. The van der Waals surface area contributed by atoms with E-state index in [1.165, 1.54) is 17.6 Å². The molecule has 1 atom stereocenters. The van der Waals surface area contributed by atoms with Gasteiger partial charge < -0.3 is 5.11 Å². The third kappa shape index (κ3) is 3.46. The molecule has 0 saturated carbocycles. The number of rotatable bonds is 2. The highest BCUT2D eigenvalue weighted by Gasteiger charge is 2.09. The molecule has 1 aromatic rings. The van der Waals surface area contributed by atoms with Crippen LogP contribution in [0.25, 0.3) is 0 Å². The first kappa shape index (κ1) is 11.9. The van der Waals surface area contributed by atoms with Crippen LogP contribution in [0.2, 0.25) is 0 Å². The predicted octanol–water partition coefficient (Wildman–Crippen LogP) is 3.85. The van der Waals surface area contributed by atoms with Crippen LogP contribution in [0, 0.1) is 0 Å². The fraction of sp³-hybridized carbons (Fsp3) is 0.429. The van der Waals surface area contributed by atoms with Gasteiger partial charge in [0.1, 0.15) is 0 Å². The average Bonchev–Trinajstić information content (AvgIpc) is 2.46. The van der Waals surface area contributed by atoms with Crippen LogP contribution in [0.4, 0.5) is 0 Å². The van der Waals surface area contributed by atoms with Crippen LogP contribution in [-0.2, 0) is 6.42 Å². The van der Waals surface area contributed by atoms with Crippen LogP contribution in [0.15, 0.2) is 40.4 Å². The molecule has 1 aliphatic carbocycles. The monoisotopic (exact) mass is 280 g/mol. The summed E-state index contributed by atoms with van der Waals surface area (Å²) in [7, 11) is 0. The minimum absolute atomic E-state index is 0.229. The Labute approximate surface area is 105 Å². The molecule has 0 amide bonds. The van der Waals surface area contributed by atoms with Crippen molar-refractivity contribution in [1.29, 1.82) is 0 Å². The molecule has 1 N–H and O–H groups in total. The number of hydrogen-bond donors (Lipinski definition) is 1. The standard InChI is InChI=1S/C14H17BrO/c15-13-7-5-11(6-8-13)9-12-3-1-2-4-14(16)10-12/h5-8,10,14,16H,1-4,9H2. The Morgan fingerprint density at radius 2 is 1.94 bits per heavy atom. The molecule has 2 rings (SSSR count). The molecule has 0 fully saturated rings. The first-order valence-electron chi connectivity index (χ1n) is 5.86. The molecule has 1 aromatic carbocycles. The normalized spacial score (nSPS) is 21.4. The molecule has 1 aliphatic rings. The topological polar surface area (TPSA) is 20.2 Å². The number of halogens is 1. The molecule has 1 unspecified atom stereocenters.